The van der Waals surface area contributed by atoms with Crippen molar-refractivity contribution >= 4 is 37.0 Å². The number of hydrogen-bond acceptors (Lipinski definition) is 13. The maximum Gasteiger partial charge on any atom is 0.459 e. The number of aromatic nitrogens is 3. The molecule has 0 spiro atoms. The molecule has 266 valence electrons. The van der Waals surface area contributed by atoms with E-state index in [2.05, 4.69) is 15.2 Å². The van der Waals surface area contributed by atoms with Crippen LogP contribution in [0.1, 0.15) is 84.4 Å². The number of fused-ring (bicyclic) bond motifs is 1. The number of para-hydroxylation sites is 1. The number of ether oxygens (including phenoxy) is 4. The van der Waals surface area contributed by atoms with Crippen molar-refractivity contribution in [3.8, 4) is 5.75 Å². The normalized spacial score (nSPS) is 24.5. The van der Waals surface area contributed by atoms with E-state index in [-0.39, 0.29) is 30.5 Å². The molecule has 3 N–H and O–H groups in total. The topological polar surface area (TPSA) is 192 Å². The summed E-state index contributed by atoms with van der Waals surface area (Å²) in [6.07, 6.45) is 2.22. The smallest absolute Gasteiger partial charge is 0.459 e. The Morgan fingerprint density at radius 1 is 1.04 bits per heavy atom. The van der Waals surface area contributed by atoms with Crippen LogP contribution in [0.15, 0.2) is 48.8 Å². The first-order chi connectivity index (χ1) is 23.4. The van der Waals surface area contributed by atoms with E-state index < -0.39 is 62.2 Å². The summed E-state index contributed by atoms with van der Waals surface area (Å²) in [5.74, 6) is -1.34. The van der Waals surface area contributed by atoms with Crippen LogP contribution in [0.3, 0.4) is 0 Å². The Bertz CT molecular complexity index is 1670. The van der Waals surface area contributed by atoms with Crippen molar-refractivity contribution in [1.82, 2.24) is 19.7 Å². The van der Waals surface area contributed by atoms with E-state index in [1.807, 2.05) is 0 Å². The summed E-state index contributed by atoms with van der Waals surface area (Å²) < 4.78 is 51.8. The summed E-state index contributed by atoms with van der Waals surface area (Å²) in [7, 11) is -4.37. The van der Waals surface area contributed by atoms with Gasteiger partial charge in [0, 0.05) is 12.8 Å². The van der Waals surface area contributed by atoms with Gasteiger partial charge in [0.25, 0.3) is 0 Å². The van der Waals surface area contributed by atoms with E-state index in [1.54, 1.807) is 63.2 Å². The highest BCUT2D eigenvalue weighted by atomic mass is 31.2. The number of nitrogen functional groups attached to an aromatic ring is 1. The SMILES string of the molecule is CCC(=O)O[C@H]1[C@H](c2ccc3c(N)ncnn23)O[C@](C)(CO[P@@](=O)(N[C@@H](C)C(=O)OC2CCCCC2)Oc2ccccc2)[C@H]1OC(=O)CC. The van der Waals surface area contributed by atoms with Gasteiger partial charge >= 0.3 is 25.7 Å². The molecule has 1 saturated heterocycles. The first kappa shape index (κ1) is 36.2. The highest BCUT2D eigenvalue weighted by Crippen LogP contribution is 2.50. The minimum absolute atomic E-state index is 0.0160. The van der Waals surface area contributed by atoms with Crippen LogP contribution < -0.4 is 15.3 Å². The second-order valence-electron chi connectivity index (χ2n) is 12.3. The Morgan fingerprint density at radius 2 is 1.73 bits per heavy atom. The third-order valence-electron chi connectivity index (χ3n) is 8.53. The molecule has 2 fully saturated rings. The molecular formula is C33H44N5O10P. The lowest BCUT2D eigenvalue weighted by molar-refractivity contribution is -0.171. The molecule has 49 heavy (non-hydrogen) atoms. The van der Waals surface area contributed by atoms with Crippen molar-refractivity contribution in [3.63, 3.8) is 0 Å². The molecule has 0 unspecified atom stereocenters. The molecule has 0 bridgehead atoms. The molecule has 1 saturated carbocycles. The molecule has 3 heterocycles. The van der Waals surface area contributed by atoms with E-state index >= 15 is 0 Å². The van der Waals surface area contributed by atoms with Gasteiger partial charge in [-0.2, -0.15) is 10.2 Å². The number of carbonyl (C=O) groups is 3. The zero-order valence-electron chi connectivity index (χ0n) is 28.1. The van der Waals surface area contributed by atoms with Crippen molar-refractivity contribution in [1.29, 1.82) is 0 Å². The standard InChI is InChI=1S/C33H44N5O10P/c1-5-26(39)45-29-28(24-17-18-25-31(34)35-20-36-38(24)25)47-33(4,30(29)46-27(40)6-2)19-43-49(42,48-23-15-11-8-12-16-23)37-21(3)32(41)44-22-13-9-7-10-14-22/h8,11-12,15-18,20-22,28-30H,5-7,9-10,13-14,19H2,1-4H3,(H,37,42)(H2,34,35,36)/t21-,28-,29-,30-,33+,49-/m0/s1. The molecule has 1 aliphatic heterocycles. The average molecular weight is 702 g/mol. The number of nitrogens with one attached hydrogen (secondary N) is 1. The Kier molecular flexibility index (Phi) is 11.6. The fourth-order valence-corrected chi connectivity index (χ4v) is 7.49. The summed E-state index contributed by atoms with van der Waals surface area (Å²) in [5.41, 5.74) is 5.41. The van der Waals surface area contributed by atoms with E-state index in [4.69, 9.17) is 33.7 Å². The van der Waals surface area contributed by atoms with E-state index in [9.17, 15) is 18.9 Å². The van der Waals surface area contributed by atoms with Crippen LogP contribution in [0.5, 0.6) is 5.75 Å². The number of carbonyl (C=O) groups excluding carboxylic acids is 3. The lowest BCUT2D eigenvalue weighted by Crippen LogP contribution is -2.48. The second-order valence-corrected chi connectivity index (χ2v) is 14.0. The van der Waals surface area contributed by atoms with Crippen LogP contribution in [-0.4, -0.2) is 69.1 Å². The Hall–Kier alpha value is -4.04. The van der Waals surface area contributed by atoms with Crippen LogP contribution in [-0.2, 0) is 42.4 Å². The molecule has 1 aromatic carbocycles. The van der Waals surface area contributed by atoms with Crippen molar-refractivity contribution in [3.05, 3.63) is 54.5 Å². The van der Waals surface area contributed by atoms with Gasteiger partial charge in [0.05, 0.1) is 12.3 Å². The van der Waals surface area contributed by atoms with E-state index in [0.717, 1.165) is 32.1 Å². The number of benzene rings is 1. The minimum Gasteiger partial charge on any atom is -0.461 e. The van der Waals surface area contributed by atoms with E-state index in [1.165, 1.54) is 17.8 Å². The average Bonchev–Trinajstić information content (AvgIpc) is 3.64. The summed E-state index contributed by atoms with van der Waals surface area (Å²) in [6, 6.07) is 10.6. The van der Waals surface area contributed by atoms with Crippen molar-refractivity contribution in [2.24, 2.45) is 0 Å². The molecule has 15 nitrogen and oxygen atoms in total. The van der Waals surface area contributed by atoms with Gasteiger partial charge in [0.1, 0.15) is 41.4 Å². The van der Waals surface area contributed by atoms with Gasteiger partial charge in [0.15, 0.2) is 18.0 Å². The van der Waals surface area contributed by atoms with Gasteiger partial charge in [-0.1, -0.05) is 38.5 Å². The molecule has 0 amide bonds. The van der Waals surface area contributed by atoms with Gasteiger partial charge in [-0.05, 0) is 63.8 Å². The quantitative estimate of drug-likeness (QED) is 0.132. The van der Waals surface area contributed by atoms with Gasteiger partial charge in [0.2, 0.25) is 0 Å². The van der Waals surface area contributed by atoms with Crippen molar-refractivity contribution in [2.45, 2.75) is 109 Å². The molecule has 6 atom stereocenters. The number of rotatable bonds is 14. The zero-order valence-corrected chi connectivity index (χ0v) is 29.0. The number of nitrogens with two attached hydrogens (primary N) is 1. The first-order valence-electron chi connectivity index (χ1n) is 16.6. The monoisotopic (exact) mass is 701 g/mol. The lowest BCUT2D eigenvalue weighted by atomic mass is 9.96. The van der Waals surface area contributed by atoms with Crippen molar-refractivity contribution in [2.75, 3.05) is 12.3 Å². The van der Waals surface area contributed by atoms with Crippen LogP contribution in [0.2, 0.25) is 0 Å². The van der Waals surface area contributed by atoms with Crippen LogP contribution in [0.4, 0.5) is 5.82 Å². The maximum atomic E-state index is 14.5. The van der Waals surface area contributed by atoms with Crippen LogP contribution in [0.25, 0.3) is 5.52 Å². The summed E-state index contributed by atoms with van der Waals surface area (Å²) >= 11 is 0. The third-order valence-corrected chi connectivity index (χ3v) is 10.2. The summed E-state index contributed by atoms with van der Waals surface area (Å²) in [4.78, 5) is 42.6. The maximum absolute atomic E-state index is 14.5. The zero-order chi connectivity index (χ0) is 35.2. The van der Waals surface area contributed by atoms with Gasteiger partial charge in [-0.3, -0.25) is 18.9 Å². The minimum atomic E-state index is -4.37. The van der Waals surface area contributed by atoms with E-state index in [0.29, 0.717) is 11.2 Å². The molecule has 2 aliphatic rings. The molecule has 5 rings (SSSR count). The number of anilines is 1. The third kappa shape index (κ3) is 8.58. The number of hydrogen-bond donors (Lipinski definition) is 2. The largest absolute Gasteiger partial charge is 0.461 e. The predicted molar refractivity (Wildman–Crippen MR) is 176 cm³/mol. The van der Waals surface area contributed by atoms with Crippen LogP contribution >= 0.6 is 7.75 Å². The molecule has 3 aromatic rings. The fraction of sp³-hybridized carbons (Fsp3) is 0.545. The van der Waals surface area contributed by atoms with Gasteiger partial charge in [-0.15, -0.1) is 0 Å². The van der Waals surface area contributed by atoms with Gasteiger partial charge < -0.3 is 29.2 Å². The Labute approximate surface area is 284 Å². The lowest BCUT2D eigenvalue weighted by Gasteiger charge is -2.32. The van der Waals surface area contributed by atoms with Gasteiger partial charge in [-0.25, -0.2) is 14.1 Å². The van der Waals surface area contributed by atoms with Crippen molar-refractivity contribution < 1.29 is 46.9 Å². The Morgan fingerprint density at radius 3 is 2.43 bits per heavy atom. The van der Waals surface area contributed by atoms with Crippen LogP contribution in [0, 0.1) is 0 Å². The second kappa shape index (κ2) is 15.7. The number of nitrogens with zero attached hydrogens (tertiary/aromatic N) is 3. The molecule has 16 heteroatoms. The first-order valence-corrected chi connectivity index (χ1v) is 18.1. The highest BCUT2D eigenvalue weighted by molar-refractivity contribution is 7.52. The molecule has 2 aromatic heterocycles. The highest BCUT2D eigenvalue weighted by Gasteiger charge is 2.59. The molecule has 1 aliphatic carbocycles. The predicted octanol–water partition coefficient (Wildman–Crippen LogP) is 4.84. The Balaban J connectivity index is 1.46. The summed E-state index contributed by atoms with van der Waals surface area (Å²) in [6.45, 7) is 5.85. The molecule has 0 radical (unpaired) electrons. The summed E-state index contributed by atoms with van der Waals surface area (Å²) in [5, 5.41) is 7.01. The fourth-order valence-electron chi connectivity index (χ4n) is 5.90. The molecular weight excluding hydrogens is 657 g/mol. The number of esters is 3.